The first-order valence-electron chi connectivity index (χ1n) is 13.6. The van der Waals surface area contributed by atoms with Crippen molar-refractivity contribution >= 4 is 27.7 Å². The molecule has 184 valence electrons. The van der Waals surface area contributed by atoms with E-state index >= 15 is 0 Å². The van der Waals surface area contributed by atoms with Gasteiger partial charge in [0.1, 0.15) is 11.3 Å². The Balaban J connectivity index is 1.15. The molecule has 0 N–H and O–H groups in total. The zero-order chi connectivity index (χ0) is 24.3. The smallest absolute Gasteiger partial charge is 0.162 e. The van der Waals surface area contributed by atoms with E-state index in [0.29, 0.717) is 6.42 Å². The van der Waals surface area contributed by atoms with Crippen molar-refractivity contribution in [1.29, 1.82) is 0 Å². The van der Waals surface area contributed by atoms with E-state index < -0.39 is 0 Å². The van der Waals surface area contributed by atoms with Crippen LogP contribution in [0.5, 0.6) is 0 Å². The molecule has 0 aliphatic rings. The first-order valence-corrected chi connectivity index (χ1v) is 13.6. The molecule has 0 bridgehead atoms. The van der Waals surface area contributed by atoms with Gasteiger partial charge in [-0.1, -0.05) is 100 Å². The highest BCUT2D eigenvalue weighted by Crippen LogP contribution is 2.26. The Morgan fingerprint density at radius 1 is 0.771 bits per heavy atom. The van der Waals surface area contributed by atoms with Gasteiger partial charge in [0.2, 0.25) is 0 Å². The number of rotatable bonds is 15. The van der Waals surface area contributed by atoms with Crippen LogP contribution in [0.15, 0.2) is 60.8 Å². The Kier molecular flexibility index (Phi) is 9.45. The Labute approximate surface area is 209 Å². The maximum absolute atomic E-state index is 12.2. The lowest BCUT2D eigenvalue weighted by atomic mass is 10.0. The van der Waals surface area contributed by atoms with E-state index in [2.05, 4.69) is 40.7 Å². The monoisotopic (exact) mass is 469 g/mol. The summed E-state index contributed by atoms with van der Waals surface area (Å²) in [5.74, 6) is 1.48. The van der Waals surface area contributed by atoms with Crippen molar-refractivity contribution in [2.45, 2.75) is 90.5 Å². The SMILES string of the molecule is CCCc1nc2cnc3ccccc3c2n1CCCCCCCCCCCC(=O)c1ccccc1. The van der Waals surface area contributed by atoms with Gasteiger partial charge in [-0.15, -0.1) is 0 Å². The van der Waals surface area contributed by atoms with E-state index in [-0.39, 0.29) is 5.78 Å². The predicted molar refractivity (Wildman–Crippen MR) is 146 cm³/mol. The van der Waals surface area contributed by atoms with E-state index in [9.17, 15) is 4.79 Å². The molecule has 0 fully saturated rings. The molecule has 35 heavy (non-hydrogen) atoms. The summed E-state index contributed by atoms with van der Waals surface area (Å²) in [6.45, 7) is 3.26. The summed E-state index contributed by atoms with van der Waals surface area (Å²) >= 11 is 0. The summed E-state index contributed by atoms with van der Waals surface area (Å²) < 4.78 is 2.46. The van der Waals surface area contributed by atoms with Crippen molar-refractivity contribution in [2.24, 2.45) is 0 Å². The van der Waals surface area contributed by atoms with Gasteiger partial charge in [0.05, 0.1) is 17.2 Å². The molecule has 4 heteroatoms. The van der Waals surface area contributed by atoms with Crippen LogP contribution in [0.4, 0.5) is 0 Å². The number of benzene rings is 2. The first-order chi connectivity index (χ1) is 17.3. The lowest BCUT2D eigenvalue weighted by molar-refractivity contribution is 0.0979. The van der Waals surface area contributed by atoms with E-state index in [1.165, 1.54) is 61.7 Å². The number of imidazole rings is 1. The molecule has 2 aromatic carbocycles. The standard InChI is InChI=1S/C31H39N3O/c1-2-17-30-33-28-24-32-27-21-15-14-20-26(27)31(28)34(30)23-16-9-7-5-3-4-6-8-13-22-29(35)25-18-11-10-12-19-25/h10-12,14-15,18-21,24H,2-9,13,16-17,22-23H2,1H3. The number of aromatic nitrogens is 3. The highest BCUT2D eigenvalue weighted by atomic mass is 16.1. The fourth-order valence-corrected chi connectivity index (χ4v) is 5.03. The molecule has 0 amide bonds. The van der Waals surface area contributed by atoms with E-state index in [0.717, 1.165) is 48.8 Å². The molecule has 4 rings (SSSR count). The minimum atomic E-state index is 0.280. The molecule has 0 spiro atoms. The third kappa shape index (κ3) is 6.78. The van der Waals surface area contributed by atoms with Crippen molar-refractivity contribution in [3.8, 4) is 0 Å². The van der Waals surface area contributed by atoms with Crippen LogP contribution in [0.25, 0.3) is 21.9 Å². The number of nitrogens with zero attached hydrogens (tertiary/aromatic N) is 3. The Morgan fingerprint density at radius 3 is 2.17 bits per heavy atom. The zero-order valence-electron chi connectivity index (χ0n) is 21.2. The summed E-state index contributed by atoms with van der Waals surface area (Å²) in [5.41, 5.74) is 4.18. The minimum Gasteiger partial charge on any atom is -0.327 e. The van der Waals surface area contributed by atoms with Crippen LogP contribution in [0.2, 0.25) is 0 Å². The maximum Gasteiger partial charge on any atom is 0.162 e. The average molecular weight is 470 g/mol. The van der Waals surface area contributed by atoms with Crippen LogP contribution >= 0.6 is 0 Å². The number of para-hydroxylation sites is 1. The van der Waals surface area contributed by atoms with Crippen LogP contribution in [0, 0.1) is 0 Å². The van der Waals surface area contributed by atoms with Gasteiger partial charge in [0, 0.05) is 30.3 Å². The molecule has 0 aliphatic heterocycles. The van der Waals surface area contributed by atoms with Crippen LogP contribution in [0.1, 0.15) is 93.7 Å². The van der Waals surface area contributed by atoms with E-state index in [1.807, 2.05) is 36.5 Å². The molecule has 2 aromatic heterocycles. The van der Waals surface area contributed by atoms with Crippen molar-refractivity contribution < 1.29 is 4.79 Å². The lowest BCUT2D eigenvalue weighted by Crippen LogP contribution is -2.04. The summed E-state index contributed by atoms with van der Waals surface area (Å²) in [6, 6.07) is 18.1. The minimum absolute atomic E-state index is 0.280. The predicted octanol–water partition coefficient (Wildman–Crippen LogP) is 8.32. The molecule has 0 radical (unpaired) electrons. The summed E-state index contributed by atoms with van der Waals surface area (Å²) in [4.78, 5) is 21.7. The molecule has 4 aromatic rings. The molecule has 0 saturated carbocycles. The van der Waals surface area contributed by atoms with Crippen LogP contribution in [-0.4, -0.2) is 20.3 Å². The average Bonchev–Trinajstić information content (AvgIpc) is 3.25. The Morgan fingerprint density at radius 2 is 1.43 bits per heavy atom. The first kappa shape index (κ1) is 25.1. The van der Waals surface area contributed by atoms with Gasteiger partial charge >= 0.3 is 0 Å². The fraction of sp³-hybridized carbons (Fsp3) is 0.452. The van der Waals surface area contributed by atoms with Gasteiger partial charge in [-0.2, -0.15) is 0 Å². The number of carbonyl (C=O) groups excluding carboxylic acids is 1. The summed E-state index contributed by atoms with van der Waals surface area (Å²) in [5, 5.41) is 1.21. The maximum atomic E-state index is 12.2. The number of unbranched alkanes of at least 4 members (excludes halogenated alkanes) is 8. The van der Waals surface area contributed by atoms with Gasteiger partial charge in [-0.25, -0.2) is 4.98 Å². The number of fused-ring (bicyclic) bond motifs is 3. The Hall–Kier alpha value is -3.01. The number of aryl methyl sites for hydroxylation is 2. The highest BCUT2D eigenvalue weighted by molar-refractivity contribution is 6.02. The summed E-state index contributed by atoms with van der Waals surface area (Å²) in [6.07, 6.45) is 15.8. The number of Topliss-reactive ketones (excluding diaryl/α,β-unsaturated/α-hetero) is 1. The fourth-order valence-electron chi connectivity index (χ4n) is 5.03. The second-order valence-corrected chi connectivity index (χ2v) is 9.66. The number of ketones is 1. The van der Waals surface area contributed by atoms with Crippen molar-refractivity contribution in [1.82, 2.24) is 14.5 Å². The summed E-state index contributed by atoms with van der Waals surface area (Å²) in [7, 11) is 0. The Bertz CT molecular complexity index is 1210. The van der Waals surface area contributed by atoms with E-state index in [1.54, 1.807) is 0 Å². The second kappa shape index (κ2) is 13.2. The normalized spacial score (nSPS) is 11.5. The van der Waals surface area contributed by atoms with Gasteiger partial charge in [0.25, 0.3) is 0 Å². The van der Waals surface area contributed by atoms with Crippen LogP contribution < -0.4 is 0 Å². The number of carbonyl (C=O) groups is 1. The largest absolute Gasteiger partial charge is 0.327 e. The molecule has 0 saturated heterocycles. The van der Waals surface area contributed by atoms with Crippen molar-refractivity contribution in [2.75, 3.05) is 0 Å². The molecule has 0 aliphatic carbocycles. The van der Waals surface area contributed by atoms with Gasteiger partial charge in [0.15, 0.2) is 5.78 Å². The number of pyridine rings is 1. The number of hydrogen-bond donors (Lipinski definition) is 0. The molecule has 0 unspecified atom stereocenters. The molecular formula is C31H39N3O. The lowest BCUT2D eigenvalue weighted by Gasteiger charge is -2.10. The third-order valence-corrected chi connectivity index (χ3v) is 6.91. The third-order valence-electron chi connectivity index (χ3n) is 6.91. The second-order valence-electron chi connectivity index (χ2n) is 9.66. The quantitative estimate of drug-likeness (QED) is 0.130. The van der Waals surface area contributed by atoms with Gasteiger partial charge in [-0.3, -0.25) is 9.78 Å². The zero-order valence-corrected chi connectivity index (χ0v) is 21.2. The number of hydrogen-bond acceptors (Lipinski definition) is 3. The highest BCUT2D eigenvalue weighted by Gasteiger charge is 2.13. The molecular weight excluding hydrogens is 430 g/mol. The molecule has 4 nitrogen and oxygen atoms in total. The van der Waals surface area contributed by atoms with Crippen molar-refractivity contribution in [3.63, 3.8) is 0 Å². The molecule has 2 heterocycles. The van der Waals surface area contributed by atoms with Crippen molar-refractivity contribution in [3.05, 3.63) is 72.2 Å². The van der Waals surface area contributed by atoms with Crippen LogP contribution in [0.3, 0.4) is 0 Å². The topological polar surface area (TPSA) is 47.8 Å². The molecule has 0 atom stereocenters. The van der Waals surface area contributed by atoms with Crippen LogP contribution in [-0.2, 0) is 13.0 Å². The van der Waals surface area contributed by atoms with Gasteiger partial charge < -0.3 is 4.57 Å². The van der Waals surface area contributed by atoms with Gasteiger partial charge in [-0.05, 0) is 25.3 Å². The van der Waals surface area contributed by atoms with E-state index in [4.69, 9.17) is 4.98 Å².